The van der Waals surface area contributed by atoms with Crippen molar-refractivity contribution in [2.75, 3.05) is 13.1 Å². The average Bonchev–Trinajstić information content (AvgIpc) is 2.17. The smallest absolute Gasteiger partial charge is 0.304 e. The van der Waals surface area contributed by atoms with E-state index in [1.807, 2.05) is 24.3 Å². The van der Waals surface area contributed by atoms with E-state index in [1.165, 1.54) is 0 Å². The van der Waals surface area contributed by atoms with Crippen LogP contribution in [0.15, 0.2) is 29.2 Å². The highest BCUT2D eigenvalue weighted by Crippen LogP contribution is 2.41. The van der Waals surface area contributed by atoms with Gasteiger partial charge in [0.1, 0.15) is 0 Å². The molecule has 0 bridgehead atoms. The fraction of sp³-hybridized carbons (Fsp3) is 0.364. The van der Waals surface area contributed by atoms with Crippen LogP contribution in [0.4, 0.5) is 0 Å². The molecule has 0 spiro atoms. The molecule has 1 fully saturated rings. The van der Waals surface area contributed by atoms with Gasteiger partial charge >= 0.3 is 5.97 Å². The molecule has 0 atom stereocenters. The maximum atomic E-state index is 10.8. The lowest BCUT2D eigenvalue weighted by atomic mass is 9.98. The molecule has 2 rings (SSSR count). The van der Waals surface area contributed by atoms with Crippen molar-refractivity contribution < 1.29 is 9.90 Å². The summed E-state index contributed by atoms with van der Waals surface area (Å²) >= 11 is 7.62. The summed E-state index contributed by atoms with van der Waals surface area (Å²) in [6, 6.07) is 7.53. The van der Waals surface area contributed by atoms with Crippen LogP contribution < -0.4 is 5.32 Å². The normalized spacial score (nSPS) is 17.8. The van der Waals surface area contributed by atoms with Crippen molar-refractivity contribution >= 4 is 29.3 Å². The van der Waals surface area contributed by atoms with Crippen molar-refractivity contribution in [3.8, 4) is 0 Å². The van der Waals surface area contributed by atoms with Crippen LogP contribution in [0.5, 0.6) is 0 Å². The van der Waals surface area contributed by atoms with Gasteiger partial charge in [0, 0.05) is 18.0 Å². The minimum atomic E-state index is -0.763. The largest absolute Gasteiger partial charge is 0.481 e. The van der Waals surface area contributed by atoms with Gasteiger partial charge in [-0.15, -0.1) is 11.8 Å². The van der Waals surface area contributed by atoms with Crippen LogP contribution in [0.2, 0.25) is 5.02 Å². The third kappa shape index (κ3) is 2.51. The highest BCUT2D eigenvalue weighted by Gasteiger charge is 2.40. The summed E-state index contributed by atoms with van der Waals surface area (Å²) < 4.78 is -0.239. The van der Waals surface area contributed by atoms with Crippen LogP contribution in [-0.4, -0.2) is 28.9 Å². The molecule has 3 nitrogen and oxygen atoms in total. The van der Waals surface area contributed by atoms with E-state index in [9.17, 15) is 4.79 Å². The number of carboxylic acids is 1. The van der Waals surface area contributed by atoms with Gasteiger partial charge in [0.2, 0.25) is 0 Å². The van der Waals surface area contributed by atoms with Crippen molar-refractivity contribution in [3.05, 3.63) is 29.3 Å². The molecule has 0 aliphatic carbocycles. The molecule has 5 heteroatoms. The first-order valence-electron chi connectivity index (χ1n) is 4.97. The molecular formula is C11H12ClNO2S. The van der Waals surface area contributed by atoms with Crippen LogP contribution in [0.1, 0.15) is 6.42 Å². The molecule has 0 saturated carbocycles. The van der Waals surface area contributed by atoms with Crippen LogP contribution in [-0.2, 0) is 4.79 Å². The van der Waals surface area contributed by atoms with Gasteiger partial charge in [-0.1, -0.05) is 23.7 Å². The van der Waals surface area contributed by atoms with E-state index in [2.05, 4.69) is 5.32 Å². The van der Waals surface area contributed by atoms with Crippen LogP contribution >= 0.6 is 23.4 Å². The summed E-state index contributed by atoms with van der Waals surface area (Å²) in [6.45, 7) is 1.43. The number of aliphatic carboxylic acids is 1. The monoisotopic (exact) mass is 257 g/mol. The van der Waals surface area contributed by atoms with E-state index in [0.717, 1.165) is 18.0 Å². The predicted octanol–water partition coefficient (Wildman–Crippen LogP) is 2.25. The third-order valence-electron chi connectivity index (χ3n) is 2.53. The Kier molecular flexibility index (Phi) is 3.42. The number of benzene rings is 1. The molecule has 2 N–H and O–H groups in total. The van der Waals surface area contributed by atoms with E-state index in [4.69, 9.17) is 16.7 Å². The molecular weight excluding hydrogens is 246 g/mol. The molecule has 0 aromatic heterocycles. The van der Waals surface area contributed by atoms with Crippen molar-refractivity contribution in [3.63, 3.8) is 0 Å². The maximum Gasteiger partial charge on any atom is 0.304 e. The highest BCUT2D eigenvalue weighted by atomic mass is 35.5. The molecule has 1 aliphatic rings. The zero-order valence-corrected chi connectivity index (χ0v) is 10.1. The number of hydrogen-bond acceptors (Lipinski definition) is 3. The van der Waals surface area contributed by atoms with Gasteiger partial charge in [0.05, 0.1) is 16.2 Å². The summed E-state index contributed by atoms with van der Waals surface area (Å²) in [5.41, 5.74) is 0. The lowest BCUT2D eigenvalue weighted by Crippen LogP contribution is -2.57. The summed E-state index contributed by atoms with van der Waals surface area (Å²) in [4.78, 5) is 11.8. The Bertz CT molecular complexity index is 407. The van der Waals surface area contributed by atoms with E-state index in [-0.39, 0.29) is 11.2 Å². The minimum absolute atomic E-state index is 0.163. The molecule has 1 aromatic rings. The number of rotatable bonds is 4. The molecule has 0 radical (unpaired) electrons. The first-order valence-corrected chi connectivity index (χ1v) is 6.17. The van der Waals surface area contributed by atoms with Crippen molar-refractivity contribution in [2.45, 2.75) is 16.1 Å². The van der Waals surface area contributed by atoms with Crippen LogP contribution in [0.25, 0.3) is 0 Å². The Morgan fingerprint density at radius 2 is 2.19 bits per heavy atom. The second kappa shape index (κ2) is 4.65. The van der Waals surface area contributed by atoms with Crippen LogP contribution in [0.3, 0.4) is 0 Å². The van der Waals surface area contributed by atoms with Crippen LogP contribution in [0, 0.1) is 0 Å². The topological polar surface area (TPSA) is 49.3 Å². The number of carboxylic acid groups (broad SMARTS) is 1. The zero-order valence-electron chi connectivity index (χ0n) is 8.57. The summed E-state index contributed by atoms with van der Waals surface area (Å²) in [6.07, 6.45) is 0.163. The number of nitrogens with one attached hydrogen (secondary N) is 1. The lowest BCUT2D eigenvalue weighted by molar-refractivity contribution is -0.138. The summed E-state index contributed by atoms with van der Waals surface area (Å²) in [5, 5.41) is 12.7. The fourth-order valence-corrected chi connectivity index (χ4v) is 3.25. The molecule has 1 heterocycles. The first kappa shape index (κ1) is 11.8. The molecule has 1 aliphatic heterocycles. The van der Waals surface area contributed by atoms with Gasteiger partial charge in [0.15, 0.2) is 0 Å². The molecule has 0 unspecified atom stereocenters. The third-order valence-corrected chi connectivity index (χ3v) is 4.41. The van der Waals surface area contributed by atoms with Gasteiger partial charge < -0.3 is 10.4 Å². The predicted molar refractivity (Wildman–Crippen MR) is 65.2 cm³/mol. The van der Waals surface area contributed by atoms with Crippen molar-refractivity contribution in [1.29, 1.82) is 0 Å². The summed E-state index contributed by atoms with van der Waals surface area (Å²) in [5.74, 6) is -0.763. The Labute approximate surface area is 103 Å². The summed E-state index contributed by atoms with van der Waals surface area (Å²) in [7, 11) is 0. The standard InChI is InChI=1S/C11H12ClNO2S/c12-8-3-1-2-4-9(8)16-11(5-10(14)15)6-13-7-11/h1-4,13H,5-7H2,(H,14,15). The Morgan fingerprint density at radius 1 is 1.50 bits per heavy atom. The fourth-order valence-electron chi connectivity index (χ4n) is 1.67. The molecule has 1 saturated heterocycles. The van der Waals surface area contributed by atoms with Gasteiger partial charge in [0.25, 0.3) is 0 Å². The van der Waals surface area contributed by atoms with E-state index < -0.39 is 5.97 Å². The number of thioether (sulfide) groups is 1. The average molecular weight is 258 g/mol. The second-order valence-electron chi connectivity index (χ2n) is 3.89. The molecule has 16 heavy (non-hydrogen) atoms. The minimum Gasteiger partial charge on any atom is -0.481 e. The van der Waals surface area contributed by atoms with E-state index >= 15 is 0 Å². The van der Waals surface area contributed by atoms with Crippen molar-refractivity contribution in [2.24, 2.45) is 0 Å². The maximum absolute atomic E-state index is 10.8. The number of carbonyl (C=O) groups is 1. The van der Waals surface area contributed by atoms with E-state index in [0.29, 0.717) is 5.02 Å². The van der Waals surface area contributed by atoms with Crippen molar-refractivity contribution in [1.82, 2.24) is 5.32 Å². The number of hydrogen-bond donors (Lipinski definition) is 2. The Balaban J connectivity index is 2.13. The Morgan fingerprint density at radius 3 is 2.69 bits per heavy atom. The Hall–Kier alpha value is -0.710. The van der Waals surface area contributed by atoms with Gasteiger partial charge in [-0.25, -0.2) is 0 Å². The van der Waals surface area contributed by atoms with Gasteiger partial charge in [-0.3, -0.25) is 4.79 Å². The van der Waals surface area contributed by atoms with E-state index in [1.54, 1.807) is 11.8 Å². The second-order valence-corrected chi connectivity index (χ2v) is 5.81. The van der Waals surface area contributed by atoms with Gasteiger partial charge in [-0.05, 0) is 12.1 Å². The lowest BCUT2D eigenvalue weighted by Gasteiger charge is -2.41. The molecule has 86 valence electrons. The zero-order chi connectivity index (χ0) is 11.6. The highest BCUT2D eigenvalue weighted by molar-refractivity contribution is 8.01. The molecule has 0 amide bonds. The van der Waals surface area contributed by atoms with Gasteiger partial charge in [-0.2, -0.15) is 0 Å². The quantitative estimate of drug-likeness (QED) is 0.869. The first-order chi connectivity index (χ1) is 7.61. The molecule has 1 aromatic carbocycles. The number of halogens is 1. The SMILES string of the molecule is O=C(O)CC1(Sc2ccccc2Cl)CNC1.